The summed E-state index contributed by atoms with van der Waals surface area (Å²) in [6, 6.07) is 13.4. The first-order valence-corrected chi connectivity index (χ1v) is 7.48. The molecule has 2 N–H and O–H groups in total. The number of anilines is 2. The van der Waals surface area contributed by atoms with Gasteiger partial charge in [0.1, 0.15) is 5.69 Å². The van der Waals surface area contributed by atoms with Crippen molar-refractivity contribution in [2.75, 3.05) is 17.2 Å². The Morgan fingerprint density at radius 1 is 1.28 bits per heavy atom. The smallest absolute Gasteiger partial charge is 0.411 e. The summed E-state index contributed by atoms with van der Waals surface area (Å²) < 4.78 is 4.73. The zero-order valence-electron chi connectivity index (χ0n) is 13.5. The predicted molar refractivity (Wildman–Crippen MR) is 92.2 cm³/mol. The lowest BCUT2D eigenvalue weighted by Crippen LogP contribution is -2.14. The van der Waals surface area contributed by atoms with E-state index in [1.165, 1.54) is 12.1 Å². The maximum Gasteiger partial charge on any atom is 0.411 e. The van der Waals surface area contributed by atoms with Crippen LogP contribution in [0.2, 0.25) is 0 Å². The summed E-state index contributed by atoms with van der Waals surface area (Å²) in [5.74, 6) is 0. The molecule has 1 amide bonds. The van der Waals surface area contributed by atoms with E-state index in [1.807, 2.05) is 6.07 Å². The molecule has 8 heteroatoms. The number of nitro benzene ring substituents is 1. The third-order valence-corrected chi connectivity index (χ3v) is 3.28. The van der Waals surface area contributed by atoms with Gasteiger partial charge < -0.3 is 10.1 Å². The lowest BCUT2D eigenvalue weighted by Gasteiger charge is -2.09. The highest BCUT2D eigenvalue weighted by molar-refractivity contribution is 5.87. The number of carbonyl (C=O) groups is 1. The molecule has 0 aliphatic carbocycles. The highest BCUT2D eigenvalue weighted by Crippen LogP contribution is 2.26. The predicted octanol–water partition coefficient (Wildman–Crippen LogP) is 3.65. The quantitative estimate of drug-likeness (QED) is 0.612. The van der Waals surface area contributed by atoms with Crippen LogP contribution >= 0.6 is 0 Å². The summed E-state index contributed by atoms with van der Waals surface area (Å²) in [5, 5.41) is 25.5. The number of ether oxygens (including phenoxy) is 1. The zero-order chi connectivity index (χ0) is 18.2. The number of amides is 1. The van der Waals surface area contributed by atoms with Gasteiger partial charge in [-0.1, -0.05) is 6.07 Å². The molecule has 0 radical (unpaired) electrons. The zero-order valence-corrected chi connectivity index (χ0v) is 13.5. The molecule has 0 saturated carbocycles. The van der Waals surface area contributed by atoms with E-state index in [-0.39, 0.29) is 18.0 Å². The van der Waals surface area contributed by atoms with E-state index >= 15 is 0 Å². The molecule has 0 unspecified atom stereocenters. The van der Waals surface area contributed by atoms with Crippen LogP contribution in [0.3, 0.4) is 0 Å². The summed E-state index contributed by atoms with van der Waals surface area (Å²) in [5.41, 5.74) is 1.87. The van der Waals surface area contributed by atoms with Crippen molar-refractivity contribution >= 4 is 23.2 Å². The number of nitro groups is 1. The second-order valence-electron chi connectivity index (χ2n) is 5.00. The Morgan fingerprint density at radius 2 is 2.00 bits per heavy atom. The Morgan fingerprint density at radius 3 is 2.60 bits per heavy atom. The van der Waals surface area contributed by atoms with Crippen LogP contribution in [0.25, 0.3) is 0 Å². The molecule has 128 valence electrons. The molecule has 8 nitrogen and oxygen atoms in total. The highest BCUT2D eigenvalue weighted by atomic mass is 16.6. The molecule has 0 heterocycles. The Kier molecular flexibility index (Phi) is 5.90. The fraction of sp³-hybridized carbons (Fsp3) is 0.176. The average Bonchev–Trinajstić information content (AvgIpc) is 2.61. The standard InChI is InChI=1S/C17H16N4O4/c1-2-25-17(22)20-15-8-5-13(9-16(15)21(23)24)11-19-14-6-3-12(10-18)4-7-14/h3-9,19H,2,11H2,1H3,(H,20,22). The summed E-state index contributed by atoms with van der Waals surface area (Å²) in [6.07, 6.45) is -0.742. The molecular weight excluding hydrogens is 324 g/mol. The molecule has 0 spiro atoms. The van der Waals surface area contributed by atoms with Crippen LogP contribution in [-0.4, -0.2) is 17.6 Å². The Bertz CT molecular complexity index is 812. The van der Waals surface area contributed by atoms with E-state index in [4.69, 9.17) is 10.00 Å². The highest BCUT2D eigenvalue weighted by Gasteiger charge is 2.17. The van der Waals surface area contributed by atoms with Gasteiger partial charge in [0.05, 0.1) is 23.2 Å². The molecule has 25 heavy (non-hydrogen) atoms. The number of nitrogens with zero attached hydrogens (tertiary/aromatic N) is 2. The van der Waals surface area contributed by atoms with E-state index in [2.05, 4.69) is 10.6 Å². The van der Waals surface area contributed by atoms with Gasteiger partial charge in [-0.25, -0.2) is 4.79 Å². The number of nitriles is 1. The molecule has 0 atom stereocenters. The Balaban J connectivity index is 2.10. The van der Waals surface area contributed by atoms with Crippen LogP contribution < -0.4 is 10.6 Å². The number of carbonyl (C=O) groups excluding carboxylic acids is 1. The van der Waals surface area contributed by atoms with Gasteiger partial charge in [-0.05, 0) is 42.8 Å². The maximum atomic E-state index is 11.4. The van der Waals surface area contributed by atoms with Crippen LogP contribution in [0.4, 0.5) is 21.9 Å². The number of benzene rings is 2. The monoisotopic (exact) mass is 340 g/mol. The lowest BCUT2D eigenvalue weighted by molar-refractivity contribution is -0.384. The van der Waals surface area contributed by atoms with Gasteiger partial charge >= 0.3 is 6.09 Å². The van der Waals surface area contributed by atoms with Gasteiger partial charge in [0, 0.05) is 18.3 Å². The molecule has 0 aromatic heterocycles. The molecule has 2 aromatic rings. The van der Waals surface area contributed by atoms with Crippen molar-refractivity contribution in [2.24, 2.45) is 0 Å². The van der Waals surface area contributed by atoms with Crippen molar-refractivity contribution in [3.05, 3.63) is 63.7 Å². The third kappa shape index (κ3) is 4.94. The second kappa shape index (κ2) is 8.31. The van der Waals surface area contributed by atoms with E-state index in [0.29, 0.717) is 17.7 Å². The first kappa shape index (κ1) is 17.7. The maximum absolute atomic E-state index is 11.4. The fourth-order valence-electron chi connectivity index (χ4n) is 2.09. The van der Waals surface area contributed by atoms with Crippen molar-refractivity contribution in [2.45, 2.75) is 13.5 Å². The van der Waals surface area contributed by atoms with Crippen molar-refractivity contribution in [1.82, 2.24) is 0 Å². The summed E-state index contributed by atoms with van der Waals surface area (Å²) in [4.78, 5) is 22.1. The third-order valence-electron chi connectivity index (χ3n) is 3.28. The topological polar surface area (TPSA) is 117 Å². The number of hydrogen-bond acceptors (Lipinski definition) is 6. The average molecular weight is 340 g/mol. The first-order valence-electron chi connectivity index (χ1n) is 7.48. The lowest BCUT2D eigenvalue weighted by atomic mass is 10.1. The number of hydrogen-bond donors (Lipinski definition) is 2. The van der Waals surface area contributed by atoms with E-state index in [1.54, 1.807) is 37.3 Å². The van der Waals surface area contributed by atoms with Crippen LogP contribution in [0.5, 0.6) is 0 Å². The molecule has 0 aliphatic heterocycles. The molecule has 0 bridgehead atoms. The number of rotatable bonds is 6. The van der Waals surface area contributed by atoms with E-state index in [0.717, 1.165) is 5.69 Å². The summed E-state index contributed by atoms with van der Waals surface area (Å²) >= 11 is 0. The van der Waals surface area contributed by atoms with Crippen LogP contribution in [0.15, 0.2) is 42.5 Å². The van der Waals surface area contributed by atoms with Gasteiger partial charge in [-0.3, -0.25) is 15.4 Å². The minimum atomic E-state index is -0.742. The summed E-state index contributed by atoms with van der Waals surface area (Å²) in [6.45, 7) is 2.17. The molecule has 2 rings (SSSR count). The van der Waals surface area contributed by atoms with Gasteiger partial charge in [0.25, 0.3) is 5.69 Å². The van der Waals surface area contributed by atoms with Crippen molar-refractivity contribution in [3.63, 3.8) is 0 Å². The molecular formula is C17H16N4O4. The van der Waals surface area contributed by atoms with Gasteiger partial charge in [-0.15, -0.1) is 0 Å². The molecule has 2 aromatic carbocycles. The number of nitrogens with one attached hydrogen (secondary N) is 2. The SMILES string of the molecule is CCOC(=O)Nc1ccc(CNc2ccc(C#N)cc2)cc1[N+](=O)[O-]. The summed E-state index contributed by atoms with van der Waals surface area (Å²) in [7, 11) is 0. The second-order valence-corrected chi connectivity index (χ2v) is 5.00. The molecule has 0 saturated heterocycles. The van der Waals surface area contributed by atoms with E-state index < -0.39 is 11.0 Å². The van der Waals surface area contributed by atoms with Crippen LogP contribution in [-0.2, 0) is 11.3 Å². The van der Waals surface area contributed by atoms with Crippen molar-refractivity contribution < 1.29 is 14.5 Å². The molecule has 0 fully saturated rings. The Hall–Kier alpha value is -3.60. The van der Waals surface area contributed by atoms with Gasteiger partial charge in [0.2, 0.25) is 0 Å². The largest absolute Gasteiger partial charge is 0.450 e. The van der Waals surface area contributed by atoms with Crippen molar-refractivity contribution in [1.29, 1.82) is 5.26 Å². The van der Waals surface area contributed by atoms with E-state index in [9.17, 15) is 14.9 Å². The normalized spacial score (nSPS) is 9.76. The van der Waals surface area contributed by atoms with Crippen molar-refractivity contribution in [3.8, 4) is 6.07 Å². The Labute approximate surface area is 144 Å². The minimum Gasteiger partial charge on any atom is -0.450 e. The van der Waals surface area contributed by atoms with Gasteiger partial charge in [0.15, 0.2) is 0 Å². The minimum absolute atomic E-state index is 0.0746. The molecule has 0 aliphatic rings. The van der Waals surface area contributed by atoms with Crippen LogP contribution in [0, 0.1) is 21.4 Å². The van der Waals surface area contributed by atoms with Crippen LogP contribution in [0.1, 0.15) is 18.1 Å². The first-order chi connectivity index (χ1) is 12.0. The fourth-order valence-corrected chi connectivity index (χ4v) is 2.09. The van der Waals surface area contributed by atoms with Gasteiger partial charge in [-0.2, -0.15) is 5.26 Å².